The molecule has 3 heteroatoms. The maximum Gasteiger partial charge on any atom is 0.295 e. The summed E-state index contributed by atoms with van der Waals surface area (Å²) in [6.45, 7) is 2.75. The number of aliphatic hydroxyl groups is 1. The molecule has 0 saturated heterocycles. The topological polar surface area (TPSA) is 49.3 Å². The van der Waals surface area contributed by atoms with Gasteiger partial charge >= 0.3 is 0 Å². The van der Waals surface area contributed by atoms with Crippen LogP contribution in [-0.2, 0) is 4.79 Å². The molecule has 0 aliphatic carbocycles. The smallest absolute Gasteiger partial charge is 0.295 e. The van der Waals surface area contributed by atoms with Crippen molar-refractivity contribution in [3.05, 3.63) is 0 Å². The van der Waals surface area contributed by atoms with E-state index in [0.717, 1.165) is 12.8 Å². The maximum atomic E-state index is 10.5. The SMILES string of the molecule is C#CC(=O)NCCCC(C)CO. The first kappa shape index (κ1) is 11.0. The molecule has 0 aliphatic rings. The van der Waals surface area contributed by atoms with Crippen molar-refractivity contribution in [3.63, 3.8) is 0 Å². The summed E-state index contributed by atoms with van der Waals surface area (Å²) >= 11 is 0. The van der Waals surface area contributed by atoms with E-state index in [1.54, 1.807) is 0 Å². The second kappa shape index (κ2) is 6.68. The van der Waals surface area contributed by atoms with Crippen LogP contribution in [0.2, 0.25) is 0 Å². The van der Waals surface area contributed by atoms with Crippen LogP contribution in [0.25, 0.3) is 0 Å². The van der Waals surface area contributed by atoms with Crippen molar-refractivity contribution in [3.8, 4) is 12.3 Å². The average Bonchev–Trinajstić information content (AvgIpc) is 2.11. The van der Waals surface area contributed by atoms with Gasteiger partial charge in [0.15, 0.2) is 0 Å². The first-order chi connectivity index (χ1) is 5.70. The number of carbonyl (C=O) groups excluding carboxylic acids is 1. The van der Waals surface area contributed by atoms with Crippen LogP contribution in [0.5, 0.6) is 0 Å². The van der Waals surface area contributed by atoms with E-state index in [9.17, 15) is 4.79 Å². The lowest BCUT2D eigenvalue weighted by Gasteiger charge is -2.06. The number of hydrogen-bond donors (Lipinski definition) is 2. The molecule has 0 bridgehead atoms. The predicted molar refractivity (Wildman–Crippen MR) is 47.3 cm³/mol. The summed E-state index contributed by atoms with van der Waals surface area (Å²) in [5.74, 6) is 1.90. The summed E-state index contributed by atoms with van der Waals surface area (Å²) in [6.07, 6.45) is 6.60. The molecule has 0 aromatic heterocycles. The highest BCUT2D eigenvalue weighted by Gasteiger charge is 1.99. The van der Waals surface area contributed by atoms with Gasteiger partial charge in [0.05, 0.1) is 0 Å². The fourth-order valence-corrected chi connectivity index (χ4v) is 0.795. The quantitative estimate of drug-likeness (QED) is 0.454. The number of hydrogen-bond acceptors (Lipinski definition) is 2. The summed E-state index contributed by atoms with van der Waals surface area (Å²) in [5, 5.41) is 11.2. The molecule has 1 amide bonds. The standard InChI is InChI=1S/C9H15NO2/c1-3-9(12)10-6-4-5-8(2)7-11/h1,8,11H,4-7H2,2H3,(H,10,12). The number of rotatable bonds is 5. The summed E-state index contributed by atoms with van der Waals surface area (Å²) in [5.41, 5.74) is 0. The Bertz CT molecular complexity index is 172. The Morgan fingerprint density at radius 3 is 2.92 bits per heavy atom. The van der Waals surface area contributed by atoms with Gasteiger partial charge in [0.1, 0.15) is 0 Å². The molecule has 0 radical (unpaired) electrons. The number of nitrogens with one attached hydrogen (secondary N) is 1. The highest BCUT2D eigenvalue weighted by molar-refractivity contribution is 5.92. The molecule has 1 atom stereocenters. The molecule has 68 valence electrons. The molecule has 0 rings (SSSR count). The van der Waals surface area contributed by atoms with Gasteiger partial charge in [0.25, 0.3) is 5.91 Å². The number of amides is 1. The Balaban J connectivity index is 3.23. The van der Waals surface area contributed by atoms with Crippen LogP contribution in [0.15, 0.2) is 0 Å². The summed E-state index contributed by atoms with van der Waals surface area (Å²) in [4.78, 5) is 10.5. The van der Waals surface area contributed by atoms with Crippen molar-refractivity contribution in [1.82, 2.24) is 5.32 Å². The Kier molecular flexibility index (Phi) is 6.12. The molecule has 0 heterocycles. The van der Waals surface area contributed by atoms with Crippen LogP contribution in [0.3, 0.4) is 0 Å². The molecule has 0 saturated carbocycles. The number of carbonyl (C=O) groups is 1. The van der Waals surface area contributed by atoms with Gasteiger partial charge in [-0.1, -0.05) is 6.92 Å². The van der Waals surface area contributed by atoms with Gasteiger partial charge < -0.3 is 10.4 Å². The van der Waals surface area contributed by atoms with Crippen molar-refractivity contribution in [2.24, 2.45) is 5.92 Å². The van der Waals surface area contributed by atoms with Gasteiger partial charge in [-0.05, 0) is 24.7 Å². The van der Waals surface area contributed by atoms with Crippen molar-refractivity contribution in [2.75, 3.05) is 13.2 Å². The zero-order valence-corrected chi connectivity index (χ0v) is 7.34. The molecule has 0 fully saturated rings. The first-order valence-electron chi connectivity index (χ1n) is 4.06. The van der Waals surface area contributed by atoms with Crippen molar-refractivity contribution >= 4 is 5.91 Å². The normalized spacial score (nSPS) is 11.8. The van der Waals surface area contributed by atoms with E-state index in [1.165, 1.54) is 0 Å². The molecule has 0 aromatic rings. The summed E-state index contributed by atoms with van der Waals surface area (Å²) < 4.78 is 0. The van der Waals surface area contributed by atoms with E-state index in [2.05, 4.69) is 5.32 Å². The van der Waals surface area contributed by atoms with Crippen LogP contribution < -0.4 is 5.32 Å². The van der Waals surface area contributed by atoms with Gasteiger partial charge in [-0.2, -0.15) is 0 Å². The molecular weight excluding hydrogens is 154 g/mol. The van der Waals surface area contributed by atoms with E-state index >= 15 is 0 Å². The highest BCUT2D eigenvalue weighted by Crippen LogP contribution is 2.02. The zero-order valence-electron chi connectivity index (χ0n) is 7.34. The van der Waals surface area contributed by atoms with Crippen LogP contribution >= 0.6 is 0 Å². The third-order valence-electron chi connectivity index (χ3n) is 1.60. The molecule has 0 spiro atoms. The van der Waals surface area contributed by atoms with E-state index in [4.69, 9.17) is 11.5 Å². The van der Waals surface area contributed by atoms with Gasteiger partial charge in [0, 0.05) is 13.2 Å². The lowest BCUT2D eigenvalue weighted by Crippen LogP contribution is -2.22. The minimum atomic E-state index is -0.369. The zero-order chi connectivity index (χ0) is 9.40. The Morgan fingerprint density at radius 1 is 1.75 bits per heavy atom. The molecule has 3 nitrogen and oxygen atoms in total. The van der Waals surface area contributed by atoms with Gasteiger partial charge in [0.2, 0.25) is 0 Å². The number of aliphatic hydroxyl groups excluding tert-OH is 1. The number of terminal acetylenes is 1. The molecule has 1 unspecified atom stereocenters. The molecule has 2 N–H and O–H groups in total. The summed E-state index contributed by atoms with van der Waals surface area (Å²) in [7, 11) is 0. The maximum absolute atomic E-state index is 10.5. The van der Waals surface area contributed by atoms with Crippen LogP contribution in [0.4, 0.5) is 0 Å². The van der Waals surface area contributed by atoms with E-state index in [-0.39, 0.29) is 12.5 Å². The molecule has 0 aromatic carbocycles. The van der Waals surface area contributed by atoms with Crippen LogP contribution in [-0.4, -0.2) is 24.2 Å². The second-order valence-corrected chi connectivity index (χ2v) is 2.83. The Labute approximate surface area is 73.2 Å². The largest absolute Gasteiger partial charge is 0.396 e. The summed E-state index contributed by atoms with van der Waals surface area (Å²) in [6, 6.07) is 0. The van der Waals surface area contributed by atoms with Crippen molar-refractivity contribution in [2.45, 2.75) is 19.8 Å². The third kappa shape index (κ3) is 5.75. The second-order valence-electron chi connectivity index (χ2n) is 2.83. The molecule has 0 aliphatic heterocycles. The predicted octanol–water partition coefficient (Wildman–Crippen LogP) is 0.144. The van der Waals surface area contributed by atoms with E-state index < -0.39 is 0 Å². The molecular formula is C9H15NO2. The van der Waals surface area contributed by atoms with Crippen molar-refractivity contribution in [1.29, 1.82) is 0 Å². The van der Waals surface area contributed by atoms with Gasteiger partial charge in [-0.3, -0.25) is 4.79 Å². The Morgan fingerprint density at radius 2 is 2.42 bits per heavy atom. The van der Waals surface area contributed by atoms with Crippen molar-refractivity contribution < 1.29 is 9.90 Å². The van der Waals surface area contributed by atoms with Gasteiger partial charge in [-0.25, -0.2) is 0 Å². The van der Waals surface area contributed by atoms with E-state index in [0.29, 0.717) is 12.5 Å². The minimum Gasteiger partial charge on any atom is -0.396 e. The van der Waals surface area contributed by atoms with Crippen LogP contribution in [0, 0.1) is 18.3 Å². The van der Waals surface area contributed by atoms with E-state index in [1.807, 2.05) is 12.8 Å². The average molecular weight is 169 g/mol. The third-order valence-corrected chi connectivity index (χ3v) is 1.60. The minimum absolute atomic E-state index is 0.198. The Hall–Kier alpha value is -1.01. The lowest BCUT2D eigenvalue weighted by molar-refractivity contribution is -0.115. The molecule has 12 heavy (non-hydrogen) atoms. The highest BCUT2D eigenvalue weighted by atomic mass is 16.3. The van der Waals surface area contributed by atoms with Gasteiger partial charge in [-0.15, -0.1) is 6.42 Å². The first-order valence-corrected chi connectivity index (χ1v) is 4.06. The monoisotopic (exact) mass is 169 g/mol. The van der Waals surface area contributed by atoms with Crippen LogP contribution in [0.1, 0.15) is 19.8 Å². The fourth-order valence-electron chi connectivity index (χ4n) is 0.795. The lowest BCUT2D eigenvalue weighted by atomic mass is 10.1. The fraction of sp³-hybridized carbons (Fsp3) is 0.667.